The topological polar surface area (TPSA) is 168 Å². The Bertz CT molecular complexity index is 2830. The first-order valence-electron chi connectivity index (χ1n) is 21.0. The molecule has 324 valence electrons. The van der Waals surface area contributed by atoms with Crippen molar-refractivity contribution >= 4 is 61.9 Å². The fraction of sp³-hybridized carbons (Fsp3) is 0.373. The van der Waals surface area contributed by atoms with Gasteiger partial charge in [-0.2, -0.15) is 10.1 Å². The zero-order valence-electron chi connectivity index (χ0n) is 37.3. The quantitative estimate of drug-likeness (QED) is 0.0747. The molecule has 11 nitrogen and oxygen atoms in total. The van der Waals surface area contributed by atoms with Crippen LogP contribution in [0.2, 0.25) is 0 Å². The average Bonchev–Trinajstić information content (AvgIpc) is 3.19. The highest BCUT2D eigenvalue weighted by atomic mass is 16.5. The van der Waals surface area contributed by atoms with Crippen LogP contribution in [-0.4, -0.2) is 83.5 Å². The molecule has 2 saturated heterocycles. The Morgan fingerprint density at radius 3 is 1.44 bits per heavy atom. The normalized spacial score (nSPS) is 18.5. The zero-order chi connectivity index (χ0) is 45.4. The molecule has 2 aliphatic heterocycles. The first-order chi connectivity index (χ1) is 28.9. The number of carboxylic acids is 2. The van der Waals surface area contributed by atoms with E-state index in [0.717, 1.165) is 37.7 Å². The summed E-state index contributed by atoms with van der Waals surface area (Å²) < 4.78 is 0. The van der Waals surface area contributed by atoms with Crippen molar-refractivity contribution in [2.75, 3.05) is 12.4 Å². The summed E-state index contributed by atoms with van der Waals surface area (Å²) in [6, 6.07) is 21.2. The molecule has 5 aromatic carbocycles. The molecule has 7 rings (SSSR count). The number of aromatic carboxylic acids is 2. The molecule has 0 bridgehead atoms. The van der Waals surface area contributed by atoms with Gasteiger partial charge in [-0.3, -0.25) is 9.59 Å². The van der Waals surface area contributed by atoms with Crippen LogP contribution in [0.3, 0.4) is 0 Å². The molecule has 5 aromatic rings. The van der Waals surface area contributed by atoms with Crippen molar-refractivity contribution in [3.05, 3.63) is 111 Å². The van der Waals surface area contributed by atoms with Gasteiger partial charge in [-0.25, -0.2) is 9.59 Å². The van der Waals surface area contributed by atoms with Gasteiger partial charge < -0.3 is 25.9 Å². The van der Waals surface area contributed by atoms with Gasteiger partial charge in [0.05, 0.1) is 11.1 Å². The second-order valence-corrected chi connectivity index (χ2v) is 19.7. The lowest BCUT2D eigenvalue weighted by Gasteiger charge is -2.50. The monoisotopic (exact) mass is 839 g/mol. The maximum absolute atomic E-state index is 14.3. The van der Waals surface area contributed by atoms with E-state index in [2.05, 4.69) is 63.3 Å². The predicted molar refractivity (Wildman–Crippen MR) is 243 cm³/mol. The van der Waals surface area contributed by atoms with Crippen molar-refractivity contribution in [2.45, 2.75) is 117 Å². The minimum absolute atomic E-state index is 0.00186. The third-order valence-corrected chi connectivity index (χ3v) is 12.9. The number of ketones is 2. The van der Waals surface area contributed by atoms with Crippen LogP contribution in [0, 0.1) is 0 Å². The Kier molecular flexibility index (Phi) is 11.1. The van der Waals surface area contributed by atoms with E-state index in [0.29, 0.717) is 42.4 Å². The van der Waals surface area contributed by atoms with Crippen LogP contribution in [0.15, 0.2) is 72.8 Å². The summed E-state index contributed by atoms with van der Waals surface area (Å²) in [5.74, 6) is -3.38. The summed E-state index contributed by atoms with van der Waals surface area (Å²) in [7, 11) is 1.90. The maximum Gasteiger partial charge on any atom is 0.336 e. The number of carbonyl (C=O) groups excluding carboxylic acids is 2. The number of fused-ring (bicyclic) bond motifs is 2. The highest BCUT2D eigenvalue weighted by Gasteiger charge is 2.45. The number of rotatable bonds is 8. The Morgan fingerprint density at radius 2 is 0.984 bits per heavy atom. The van der Waals surface area contributed by atoms with Gasteiger partial charge in [-0.1, -0.05) is 47.5 Å². The molecule has 0 spiro atoms. The predicted octanol–water partition coefficient (Wildman–Crippen LogP) is 9.11. The molecule has 2 aliphatic rings. The molecule has 0 aliphatic carbocycles. The largest absolute Gasteiger partial charge is 0.478 e. The van der Waals surface area contributed by atoms with E-state index in [9.17, 15) is 39.8 Å². The van der Waals surface area contributed by atoms with Gasteiger partial charge in [0.15, 0.2) is 11.6 Å². The fourth-order valence-corrected chi connectivity index (χ4v) is 10.4. The first-order valence-corrected chi connectivity index (χ1v) is 21.0. The minimum atomic E-state index is -1.30. The summed E-state index contributed by atoms with van der Waals surface area (Å²) in [5.41, 5.74) is 2.27. The molecule has 0 unspecified atom stereocenters. The minimum Gasteiger partial charge on any atom is -0.478 e. The lowest BCUT2D eigenvalue weighted by atomic mass is 9.75. The Morgan fingerprint density at radius 1 is 0.548 bits per heavy atom. The molecule has 2 heterocycles. The molecule has 0 aromatic heterocycles. The molecule has 11 heteroatoms. The smallest absolute Gasteiger partial charge is 0.336 e. The maximum atomic E-state index is 14.3. The van der Waals surface area contributed by atoms with E-state index in [1.807, 2.05) is 40.8 Å². The van der Waals surface area contributed by atoms with Crippen molar-refractivity contribution in [3.63, 3.8) is 0 Å². The van der Waals surface area contributed by atoms with Crippen molar-refractivity contribution in [1.29, 1.82) is 0 Å². The molecule has 0 saturated carbocycles. The van der Waals surface area contributed by atoms with E-state index in [4.69, 9.17) is 0 Å². The standard InChI is InChI=1S/C51H57N3O8/c1-28(55)39-21-30(13-17-38(39)46(57)58)31-12-16-35(42(22-31)47(59)60)43(56)20-29-11-15-36-40(19-29)44(32-24-48(2,3)53(61)49(4,5)25-32)37-18-14-34(52-10)23-41(37)45(36)33-26-50(6,7)54(62)51(8,9)27-33/h11-19,21-23,52,61-62H,20,24-27H2,1-10H3,(H,57,58)(H,59,60). The summed E-state index contributed by atoms with van der Waals surface area (Å²) in [6.07, 6.45) is 2.32. The molecular weight excluding hydrogens is 783 g/mol. The van der Waals surface area contributed by atoms with Crippen LogP contribution in [0.1, 0.15) is 135 Å². The average molecular weight is 840 g/mol. The third-order valence-electron chi connectivity index (χ3n) is 12.9. The van der Waals surface area contributed by atoms with Gasteiger partial charge >= 0.3 is 11.9 Å². The molecule has 0 atom stereocenters. The number of piperidine rings is 2. The van der Waals surface area contributed by atoms with Crippen molar-refractivity contribution in [1.82, 2.24) is 10.1 Å². The van der Waals surface area contributed by atoms with Gasteiger partial charge in [-0.05, 0) is 173 Å². The number of carboxylic acid groups (broad SMARTS) is 2. The van der Waals surface area contributed by atoms with Gasteiger partial charge in [0, 0.05) is 52.4 Å². The number of nitrogens with one attached hydrogen (secondary N) is 1. The lowest BCUT2D eigenvalue weighted by Crippen LogP contribution is -2.57. The number of hydrogen-bond donors (Lipinski definition) is 5. The highest BCUT2D eigenvalue weighted by molar-refractivity contribution is 6.09. The van der Waals surface area contributed by atoms with Crippen LogP contribution in [0.5, 0.6) is 0 Å². The van der Waals surface area contributed by atoms with Crippen molar-refractivity contribution in [2.24, 2.45) is 0 Å². The second-order valence-electron chi connectivity index (χ2n) is 19.7. The number of Topliss-reactive ketones (excluding diaryl/α,β-unsaturated/α-hetero) is 2. The van der Waals surface area contributed by atoms with Crippen LogP contribution in [-0.2, 0) is 6.42 Å². The van der Waals surface area contributed by atoms with Gasteiger partial charge in [0.25, 0.3) is 0 Å². The van der Waals surface area contributed by atoms with Gasteiger partial charge in [0.1, 0.15) is 0 Å². The highest BCUT2D eigenvalue weighted by Crippen LogP contribution is 2.43. The second kappa shape index (κ2) is 15.6. The molecule has 0 radical (unpaired) electrons. The summed E-state index contributed by atoms with van der Waals surface area (Å²) >= 11 is 0. The zero-order valence-corrected chi connectivity index (χ0v) is 37.3. The number of benzene rings is 5. The Hall–Kier alpha value is -5.72. The van der Waals surface area contributed by atoms with Crippen LogP contribution >= 0.6 is 0 Å². The van der Waals surface area contributed by atoms with Crippen LogP contribution < -0.4 is 15.8 Å². The third kappa shape index (κ3) is 7.83. The van der Waals surface area contributed by atoms with E-state index in [-0.39, 0.29) is 28.7 Å². The molecule has 2 fully saturated rings. The Balaban J connectivity index is 1.46. The van der Waals surface area contributed by atoms with Crippen molar-refractivity contribution in [3.8, 4) is 11.1 Å². The molecule has 62 heavy (non-hydrogen) atoms. The van der Waals surface area contributed by atoms with E-state index in [1.54, 1.807) is 6.07 Å². The van der Waals surface area contributed by atoms with E-state index >= 15 is 0 Å². The van der Waals surface area contributed by atoms with Crippen molar-refractivity contribution < 1.29 is 39.8 Å². The number of nitrogens with zero attached hydrogens (tertiary/aromatic N) is 2. The number of hydroxylamine groups is 4. The van der Waals surface area contributed by atoms with Crippen LogP contribution in [0.4, 0.5) is 5.69 Å². The lowest BCUT2D eigenvalue weighted by molar-refractivity contribution is -0.228. The number of anilines is 1. The molecule has 5 N–H and O–H groups in total. The SMILES string of the molecule is CNc1ccc2c(=C3CC(C)(C)N(O)C(C)(C)C3)c3cc(CC(=O)c4ccc(-c5ccc(C(=O)O)c(C(C)=O)c5)cc4C(=O)O)ccc3c(=C3CC(C)(C)N(O)C(C)(C)C3)c2c1. The van der Waals surface area contributed by atoms with E-state index < -0.39 is 45.7 Å². The number of carbonyl (C=O) groups is 4. The summed E-state index contributed by atoms with van der Waals surface area (Å²) in [4.78, 5) is 51.1. The first kappa shape index (κ1) is 44.3. The van der Waals surface area contributed by atoms with Gasteiger partial charge in [-0.15, -0.1) is 0 Å². The fourth-order valence-electron chi connectivity index (χ4n) is 10.4. The summed E-state index contributed by atoms with van der Waals surface area (Å²) in [6.45, 7) is 17.6. The van der Waals surface area contributed by atoms with Crippen LogP contribution in [0.25, 0.3) is 43.8 Å². The van der Waals surface area contributed by atoms with Gasteiger partial charge in [0.2, 0.25) is 0 Å². The van der Waals surface area contributed by atoms with E-state index in [1.165, 1.54) is 58.5 Å². The molecule has 0 amide bonds. The Labute approximate surface area is 361 Å². The number of hydrogen-bond acceptors (Lipinski definition) is 9. The summed E-state index contributed by atoms with van der Waals surface area (Å²) in [5, 5.41) is 55.2. The molecular formula is C51H57N3O8.